The van der Waals surface area contributed by atoms with Crippen LogP contribution in [0.1, 0.15) is 5.89 Å². The fourth-order valence-corrected chi connectivity index (χ4v) is 3.79. The molecular weight excluding hydrogens is 454 g/mol. The first-order valence-electron chi connectivity index (χ1n) is 9.64. The van der Waals surface area contributed by atoms with E-state index in [0.717, 1.165) is 4.88 Å². The third kappa shape index (κ3) is 5.56. The van der Waals surface area contributed by atoms with E-state index < -0.39 is 0 Å². The number of ether oxygens (including phenoxy) is 1. The Morgan fingerprint density at radius 3 is 3.00 bits per heavy atom. The second-order valence-electron chi connectivity index (χ2n) is 6.73. The molecule has 0 bridgehead atoms. The number of hydrogen-bond acceptors (Lipinski definition) is 9. The van der Waals surface area contributed by atoms with Gasteiger partial charge in [-0.1, -0.05) is 17.7 Å². The number of carbonyl (C=O) groups is 1. The molecule has 0 unspecified atom stereocenters. The van der Waals surface area contributed by atoms with Crippen molar-refractivity contribution in [2.24, 2.45) is 0 Å². The van der Waals surface area contributed by atoms with Crippen LogP contribution in [0.15, 0.2) is 52.8 Å². The second kappa shape index (κ2) is 10.5. The lowest BCUT2D eigenvalue weighted by Gasteiger charge is -2.20. The van der Waals surface area contributed by atoms with Gasteiger partial charge in [0.05, 0.1) is 35.9 Å². The van der Waals surface area contributed by atoms with Gasteiger partial charge in [0, 0.05) is 18.7 Å². The SMILES string of the molecule is COCCN(CC(=O)Nc1cc(Cl)ccc1-n1cncn1)Cc1nnc(-c2cccs2)o1. The number of anilines is 1. The molecule has 0 aliphatic heterocycles. The van der Waals surface area contributed by atoms with Gasteiger partial charge in [0.1, 0.15) is 12.7 Å². The Morgan fingerprint density at radius 1 is 1.34 bits per heavy atom. The summed E-state index contributed by atoms with van der Waals surface area (Å²) in [5.74, 6) is 0.647. The summed E-state index contributed by atoms with van der Waals surface area (Å²) < 4.78 is 12.5. The third-order valence-corrected chi connectivity index (χ3v) is 5.53. The van der Waals surface area contributed by atoms with Gasteiger partial charge < -0.3 is 14.5 Å². The van der Waals surface area contributed by atoms with Gasteiger partial charge in [-0.15, -0.1) is 21.5 Å². The molecule has 0 atom stereocenters. The molecule has 32 heavy (non-hydrogen) atoms. The lowest BCUT2D eigenvalue weighted by atomic mass is 10.2. The largest absolute Gasteiger partial charge is 0.419 e. The first kappa shape index (κ1) is 22.1. The molecule has 166 valence electrons. The van der Waals surface area contributed by atoms with Crippen LogP contribution in [0.2, 0.25) is 5.02 Å². The Hall–Kier alpha value is -3.12. The molecule has 1 aromatic carbocycles. The zero-order valence-corrected chi connectivity index (χ0v) is 18.7. The molecule has 4 aromatic rings. The van der Waals surface area contributed by atoms with Crippen LogP contribution in [0.5, 0.6) is 0 Å². The monoisotopic (exact) mass is 473 g/mol. The number of rotatable bonds is 10. The molecule has 10 nitrogen and oxygen atoms in total. The van der Waals surface area contributed by atoms with E-state index in [2.05, 4.69) is 25.6 Å². The number of nitrogens with one attached hydrogen (secondary N) is 1. The number of methoxy groups -OCH3 is 1. The summed E-state index contributed by atoms with van der Waals surface area (Å²) in [7, 11) is 1.61. The van der Waals surface area contributed by atoms with Crippen LogP contribution in [-0.4, -0.2) is 62.6 Å². The van der Waals surface area contributed by atoms with Gasteiger partial charge in [-0.05, 0) is 29.6 Å². The van der Waals surface area contributed by atoms with Crippen LogP contribution in [0.25, 0.3) is 16.5 Å². The first-order valence-corrected chi connectivity index (χ1v) is 10.9. The van der Waals surface area contributed by atoms with E-state index in [1.165, 1.54) is 17.7 Å². The quantitative estimate of drug-likeness (QED) is 0.374. The lowest BCUT2D eigenvalue weighted by molar-refractivity contribution is -0.117. The van der Waals surface area contributed by atoms with E-state index in [0.29, 0.717) is 47.9 Å². The zero-order valence-electron chi connectivity index (χ0n) is 17.1. The van der Waals surface area contributed by atoms with Crippen molar-refractivity contribution in [3.8, 4) is 16.5 Å². The van der Waals surface area contributed by atoms with E-state index in [1.54, 1.807) is 36.3 Å². The van der Waals surface area contributed by atoms with E-state index in [-0.39, 0.29) is 12.5 Å². The predicted octanol–water partition coefficient (Wildman–Crippen LogP) is 3.12. The van der Waals surface area contributed by atoms with Crippen LogP contribution >= 0.6 is 22.9 Å². The van der Waals surface area contributed by atoms with Gasteiger partial charge in [0.25, 0.3) is 5.89 Å². The summed E-state index contributed by atoms with van der Waals surface area (Å²) in [6.45, 7) is 1.34. The number of aromatic nitrogens is 5. The van der Waals surface area contributed by atoms with Crippen molar-refractivity contribution in [1.29, 1.82) is 0 Å². The van der Waals surface area contributed by atoms with Crippen LogP contribution in [-0.2, 0) is 16.1 Å². The van der Waals surface area contributed by atoms with Gasteiger partial charge in [0.2, 0.25) is 11.8 Å². The molecule has 0 radical (unpaired) electrons. The summed E-state index contributed by atoms with van der Waals surface area (Å²) in [5.41, 5.74) is 1.18. The fourth-order valence-electron chi connectivity index (χ4n) is 2.98. The van der Waals surface area contributed by atoms with E-state index in [4.69, 9.17) is 20.8 Å². The minimum atomic E-state index is -0.234. The Balaban J connectivity index is 1.45. The molecule has 0 spiro atoms. The maximum Gasteiger partial charge on any atom is 0.257 e. The molecule has 1 N–H and O–H groups in total. The van der Waals surface area contributed by atoms with Gasteiger partial charge in [-0.25, -0.2) is 9.67 Å². The van der Waals surface area contributed by atoms with E-state index in [9.17, 15) is 4.79 Å². The number of carbonyl (C=O) groups excluding carboxylic acids is 1. The number of amides is 1. The average Bonchev–Trinajstić information content (AvgIpc) is 3.54. The van der Waals surface area contributed by atoms with Crippen LogP contribution in [0.3, 0.4) is 0 Å². The molecular formula is C20H20ClN7O3S. The highest BCUT2D eigenvalue weighted by Gasteiger charge is 2.18. The number of nitrogens with zero attached hydrogens (tertiary/aromatic N) is 6. The van der Waals surface area contributed by atoms with Crippen molar-refractivity contribution in [1.82, 2.24) is 29.9 Å². The highest BCUT2D eigenvalue weighted by Crippen LogP contribution is 2.25. The molecule has 3 aromatic heterocycles. The number of halogens is 1. The van der Waals surface area contributed by atoms with Crippen molar-refractivity contribution in [2.75, 3.05) is 32.1 Å². The Bertz CT molecular complexity index is 1150. The molecule has 0 saturated heterocycles. The minimum absolute atomic E-state index is 0.0867. The van der Waals surface area contributed by atoms with Crippen molar-refractivity contribution in [3.63, 3.8) is 0 Å². The summed E-state index contributed by atoms with van der Waals surface area (Å²) in [6.07, 6.45) is 2.96. The van der Waals surface area contributed by atoms with E-state index in [1.807, 2.05) is 22.4 Å². The molecule has 0 fully saturated rings. The summed E-state index contributed by atoms with van der Waals surface area (Å²) in [5, 5.41) is 17.7. The molecule has 0 saturated carbocycles. The smallest absolute Gasteiger partial charge is 0.257 e. The zero-order chi connectivity index (χ0) is 22.3. The number of thiophene rings is 1. The van der Waals surface area contributed by atoms with Gasteiger partial charge in [0.15, 0.2) is 0 Å². The second-order valence-corrected chi connectivity index (χ2v) is 8.12. The van der Waals surface area contributed by atoms with Crippen LogP contribution in [0, 0.1) is 0 Å². The molecule has 3 heterocycles. The Kier molecular flexibility index (Phi) is 7.22. The third-order valence-electron chi connectivity index (χ3n) is 4.43. The minimum Gasteiger partial charge on any atom is -0.419 e. The summed E-state index contributed by atoms with van der Waals surface area (Å²) in [6, 6.07) is 8.99. The van der Waals surface area contributed by atoms with E-state index >= 15 is 0 Å². The Labute approximate surface area is 192 Å². The number of benzene rings is 1. The Morgan fingerprint density at radius 2 is 2.25 bits per heavy atom. The maximum atomic E-state index is 12.9. The van der Waals surface area contributed by atoms with Crippen LogP contribution < -0.4 is 5.32 Å². The van der Waals surface area contributed by atoms with Gasteiger partial charge in [-0.3, -0.25) is 9.69 Å². The summed E-state index contributed by atoms with van der Waals surface area (Å²) >= 11 is 7.66. The first-order chi connectivity index (χ1) is 15.6. The summed E-state index contributed by atoms with van der Waals surface area (Å²) in [4.78, 5) is 19.6. The standard InChI is InChI=1S/C20H20ClN7O3S/c1-30-7-6-27(11-19-25-26-20(31-19)17-3-2-8-32-17)10-18(29)24-15-9-14(21)4-5-16(15)28-13-22-12-23-28/h2-5,8-9,12-13H,6-7,10-11H2,1H3,(H,24,29). The van der Waals surface area contributed by atoms with Crippen molar-refractivity contribution in [2.45, 2.75) is 6.54 Å². The maximum absolute atomic E-state index is 12.9. The molecule has 0 aliphatic rings. The highest BCUT2D eigenvalue weighted by molar-refractivity contribution is 7.13. The van der Waals surface area contributed by atoms with Crippen molar-refractivity contribution >= 4 is 34.5 Å². The predicted molar refractivity (Wildman–Crippen MR) is 120 cm³/mol. The topological polar surface area (TPSA) is 111 Å². The van der Waals surface area contributed by atoms with Gasteiger partial charge in [-0.2, -0.15) is 5.10 Å². The fraction of sp³-hybridized carbons (Fsp3) is 0.250. The van der Waals surface area contributed by atoms with Gasteiger partial charge >= 0.3 is 0 Å². The van der Waals surface area contributed by atoms with Crippen molar-refractivity contribution in [3.05, 3.63) is 59.3 Å². The average molecular weight is 474 g/mol. The van der Waals surface area contributed by atoms with Crippen molar-refractivity contribution < 1.29 is 13.9 Å². The molecule has 0 aliphatic carbocycles. The lowest BCUT2D eigenvalue weighted by Crippen LogP contribution is -2.35. The molecule has 12 heteroatoms. The molecule has 4 rings (SSSR count). The normalized spacial score (nSPS) is 11.2. The highest BCUT2D eigenvalue weighted by atomic mass is 35.5. The van der Waals surface area contributed by atoms with Crippen LogP contribution in [0.4, 0.5) is 5.69 Å². The molecule has 1 amide bonds. The number of hydrogen-bond donors (Lipinski definition) is 1.